The van der Waals surface area contributed by atoms with Gasteiger partial charge in [-0.1, -0.05) is 26.0 Å². The van der Waals surface area contributed by atoms with E-state index in [1.165, 1.54) is 11.1 Å². The molecule has 25 heavy (non-hydrogen) atoms. The number of aliphatic carboxylic acids is 1. The maximum atomic E-state index is 11.1. The topological polar surface area (TPSA) is 58.6 Å². The number of ether oxygens (including phenoxy) is 1. The molecule has 2 N–H and O–H groups in total. The molecule has 1 atom stereocenters. The van der Waals surface area contributed by atoms with Crippen molar-refractivity contribution in [3.8, 4) is 5.75 Å². The molecule has 1 fully saturated rings. The van der Waals surface area contributed by atoms with E-state index in [1.807, 2.05) is 0 Å². The first-order valence-electron chi connectivity index (χ1n) is 9.57. The van der Waals surface area contributed by atoms with E-state index >= 15 is 0 Å². The van der Waals surface area contributed by atoms with Crippen LogP contribution in [-0.4, -0.2) is 23.2 Å². The lowest BCUT2D eigenvalue weighted by atomic mass is 9.86. The highest BCUT2D eigenvalue weighted by Crippen LogP contribution is 2.27. The molecule has 0 saturated heterocycles. The zero-order chi connectivity index (χ0) is 18.4. The van der Waals surface area contributed by atoms with E-state index in [-0.39, 0.29) is 12.0 Å². The predicted molar refractivity (Wildman–Crippen MR) is 101 cm³/mol. The summed E-state index contributed by atoms with van der Waals surface area (Å²) in [5.74, 6) is 0.783. The third-order valence-electron chi connectivity index (χ3n) is 5.01. The molecule has 4 heteroatoms. The third-order valence-corrected chi connectivity index (χ3v) is 5.01. The molecule has 0 radical (unpaired) electrons. The molecule has 0 heterocycles. The fourth-order valence-electron chi connectivity index (χ4n) is 3.65. The minimum Gasteiger partial charge on any atom is -0.490 e. The van der Waals surface area contributed by atoms with Crippen LogP contribution in [0.3, 0.4) is 0 Å². The van der Waals surface area contributed by atoms with Crippen LogP contribution in [0.1, 0.15) is 64.0 Å². The first-order chi connectivity index (χ1) is 11.8. The van der Waals surface area contributed by atoms with Crippen LogP contribution in [0.15, 0.2) is 18.2 Å². The van der Waals surface area contributed by atoms with Crippen LogP contribution in [0.25, 0.3) is 0 Å². The standard InChI is InChI=1S/C21H33NO3/c1-14(2)11-16(4)25-20-12-15(3)5-6-18(20)13-22-19-9-7-17(8-10-19)21(23)24/h5-6,12,14,16-17,19,22H,7-11,13H2,1-4H3,(H,23,24). The van der Waals surface area contributed by atoms with E-state index in [2.05, 4.69) is 51.2 Å². The van der Waals surface area contributed by atoms with E-state index < -0.39 is 5.97 Å². The number of carboxylic acid groups (broad SMARTS) is 1. The molecule has 140 valence electrons. The summed E-state index contributed by atoms with van der Waals surface area (Å²) >= 11 is 0. The fraction of sp³-hybridized carbons (Fsp3) is 0.667. The first-order valence-corrected chi connectivity index (χ1v) is 9.57. The van der Waals surface area contributed by atoms with Crippen molar-refractivity contribution >= 4 is 5.97 Å². The van der Waals surface area contributed by atoms with E-state index in [4.69, 9.17) is 9.84 Å². The summed E-state index contributed by atoms with van der Waals surface area (Å²) in [6.07, 6.45) is 4.66. The van der Waals surface area contributed by atoms with Gasteiger partial charge in [0, 0.05) is 18.2 Å². The molecule has 0 aromatic heterocycles. The van der Waals surface area contributed by atoms with Gasteiger partial charge in [0.15, 0.2) is 0 Å². The Morgan fingerprint density at radius 1 is 1.24 bits per heavy atom. The lowest BCUT2D eigenvalue weighted by Crippen LogP contribution is -2.34. The highest BCUT2D eigenvalue weighted by atomic mass is 16.5. The Bertz CT molecular complexity index is 562. The van der Waals surface area contributed by atoms with Gasteiger partial charge in [-0.2, -0.15) is 0 Å². The van der Waals surface area contributed by atoms with Gasteiger partial charge in [0.05, 0.1) is 12.0 Å². The van der Waals surface area contributed by atoms with Crippen LogP contribution >= 0.6 is 0 Å². The van der Waals surface area contributed by atoms with E-state index in [9.17, 15) is 4.79 Å². The number of benzene rings is 1. The summed E-state index contributed by atoms with van der Waals surface area (Å²) in [6, 6.07) is 6.79. The van der Waals surface area contributed by atoms with Crippen molar-refractivity contribution < 1.29 is 14.6 Å². The number of aryl methyl sites for hydroxylation is 1. The summed E-state index contributed by atoms with van der Waals surface area (Å²) in [5.41, 5.74) is 2.39. The van der Waals surface area contributed by atoms with E-state index in [0.29, 0.717) is 12.0 Å². The van der Waals surface area contributed by atoms with Crippen LogP contribution in [0.2, 0.25) is 0 Å². The van der Waals surface area contributed by atoms with Crippen molar-refractivity contribution in [2.45, 2.75) is 78.5 Å². The molecule has 0 amide bonds. The highest BCUT2D eigenvalue weighted by Gasteiger charge is 2.25. The van der Waals surface area contributed by atoms with Crippen LogP contribution in [-0.2, 0) is 11.3 Å². The number of carboxylic acids is 1. The molecule has 4 nitrogen and oxygen atoms in total. The van der Waals surface area contributed by atoms with Gasteiger partial charge >= 0.3 is 5.97 Å². The molecule has 1 aliphatic rings. The van der Waals surface area contributed by atoms with Crippen LogP contribution in [0.4, 0.5) is 0 Å². The van der Waals surface area contributed by atoms with Crippen molar-refractivity contribution in [1.82, 2.24) is 5.32 Å². The second kappa shape index (κ2) is 9.23. The lowest BCUT2D eigenvalue weighted by molar-refractivity contribution is -0.142. The number of carbonyl (C=O) groups is 1. The largest absolute Gasteiger partial charge is 0.490 e. The van der Waals surface area contributed by atoms with Gasteiger partial charge in [-0.3, -0.25) is 4.79 Å². The van der Waals surface area contributed by atoms with Crippen molar-refractivity contribution in [1.29, 1.82) is 0 Å². The summed E-state index contributed by atoms with van der Waals surface area (Å²) in [5, 5.41) is 12.7. The summed E-state index contributed by atoms with van der Waals surface area (Å²) in [7, 11) is 0. The van der Waals surface area contributed by atoms with Crippen molar-refractivity contribution in [3.05, 3.63) is 29.3 Å². The van der Waals surface area contributed by atoms with Gasteiger partial charge in [0.1, 0.15) is 5.75 Å². The number of hydrogen-bond acceptors (Lipinski definition) is 3. The summed E-state index contributed by atoms with van der Waals surface area (Å²) < 4.78 is 6.21. The third kappa shape index (κ3) is 6.35. The Morgan fingerprint density at radius 2 is 1.92 bits per heavy atom. The van der Waals surface area contributed by atoms with Crippen LogP contribution < -0.4 is 10.1 Å². The second-order valence-corrected chi connectivity index (χ2v) is 7.94. The van der Waals surface area contributed by atoms with Crippen molar-refractivity contribution in [2.75, 3.05) is 0 Å². The van der Waals surface area contributed by atoms with Crippen molar-refractivity contribution in [2.24, 2.45) is 11.8 Å². The molecule has 1 aliphatic carbocycles. The van der Waals surface area contributed by atoms with Crippen LogP contribution in [0.5, 0.6) is 5.75 Å². The molecule has 1 aromatic rings. The minimum absolute atomic E-state index is 0.159. The second-order valence-electron chi connectivity index (χ2n) is 7.94. The monoisotopic (exact) mass is 347 g/mol. The summed E-state index contributed by atoms with van der Waals surface area (Å²) in [6.45, 7) is 9.42. The Hall–Kier alpha value is -1.55. The Labute approximate surface area is 152 Å². The molecule has 1 aromatic carbocycles. The normalized spacial score (nSPS) is 22.0. The predicted octanol–water partition coefficient (Wildman–Crippen LogP) is 4.54. The molecule has 0 aliphatic heterocycles. The minimum atomic E-state index is -0.646. The Morgan fingerprint density at radius 3 is 2.52 bits per heavy atom. The molecule has 0 bridgehead atoms. The zero-order valence-corrected chi connectivity index (χ0v) is 16.0. The number of hydrogen-bond donors (Lipinski definition) is 2. The summed E-state index contributed by atoms with van der Waals surface area (Å²) in [4.78, 5) is 11.1. The van der Waals surface area contributed by atoms with Gasteiger partial charge < -0.3 is 15.2 Å². The van der Waals surface area contributed by atoms with Gasteiger partial charge in [-0.25, -0.2) is 0 Å². The Kier molecular flexibility index (Phi) is 7.30. The SMILES string of the molecule is Cc1ccc(CNC2CCC(C(=O)O)CC2)c(OC(C)CC(C)C)c1. The number of rotatable bonds is 8. The zero-order valence-electron chi connectivity index (χ0n) is 16.0. The lowest BCUT2D eigenvalue weighted by Gasteiger charge is -2.27. The van der Waals surface area contributed by atoms with Gasteiger partial charge in [0.2, 0.25) is 0 Å². The average Bonchev–Trinajstić information content (AvgIpc) is 2.53. The first kappa shape index (κ1) is 19.8. The molecule has 0 spiro atoms. The van der Waals surface area contributed by atoms with E-state index in [0.717, 1.165) is 44.4 Å². The van der Waals surface area contributed by atoms with Crippen LogP contribution in [0, 0.1) is 18.8 Å². The van der Waals surface area contributed by atoms with Crippen molar-refractivity contribution in [3.63, 3.8) is 0 Å². The number of nitrogens with one attached hydrogen (secondary N) is 1. The smallest absolute Gasteiger partial charge is 0.306 e. The van der Waals surface area contributed by atoms with E-state index in [1.54, 1.807) is 0 Å². The maximum Gasteiger partial charge on any atom is 0.306 e. The molecule has 2 rings (SSSR count). The van der Waals surface area contributed by atoms with Gasteiger partial charge in [0.25, 0.3) is 0 Å². The molecular formula is C21H33NO3. The van der Waals surface area contributed by atoms with Gasteiger partial charge in [-0.15, -0.1) is 0 Å². The Balaban J connectivity index is 1.92. The fourth-order valence-corrected chi connectivity index (χ4v) is 3.65. The average molecular weight is 347 g/mol. The highest BCUT2D eigenvalue weighted by molar-refractivity contribution is 5.70. The maximum absolute atomic E-state index is 11.1. The molecule has 1 saturated carbocycles. The van der Waals surface area contributed by atoms with Gasteiger partial charge in [-0.05, 0) is 63.5 Å². The molecule has 1 unspecified atom stereocenters. The quantitative estimate of drug-likeness (QED) is 0.725. The molecular weight excluding hydrogens is 314 g/mol.